The normalized spacial score (nSPS) is 9.96. The summed E-state index contributed by atoms with van der Waals surface area (Å²) in [5, 5.41) is 2.67. The molecule has 0 bridgehead atoms. The molecule has 23 heavy (non-hydrogen) atoms. The van der Waals surface area contributed by atoms with Gasteiger partial charge in [-0.3, -0.25) is 9.78 Å². The van der Waals surface area contributed by atoms with Crippen LogP contribution in [0.2, 0.25) is 0 Å². The molecule has 1 amide bonds. The first-order valence-electron chi connectivity index (χ1n) is 7.29. The van der Waals surface area contributed by atoms with Crippen molar-refractivity contribution in [3.05, 3.63) is 59.9 Å². The Balaban J connectivity index is 1.80. The van der Waals surface area contributed by atoms with Crippen molar-refractivity contribution in [2.45, 2.75) is 6.92 Å². The van der Waals surface area contributed by atoms with Gasteiger partial charge in [0.2, 0.25) is 0 Å². The number of pyridine rings is 1. The van der Waals surface area contributed by atoms with E-state index in [0.29, 0.717) is 23.5 Å². The van der Waals surface area contributed by atoms with E-state index >= 15 is 0 Å². The topological polar surface area (TPSA) is 77.5 Å². The van der Waals surface area contributed by atoms with Crippen LogP contribution in [0.4, 0.5) is 0 Å². The molecule has 0 saturated carbocycles. The van der Waals surface area contributed by atoms with Gasteiger partial charge in [0.1, 0.15) is 17.9 Å². The molecule has 0 radical (unpaired) electrons. The van der Waals surface area contributed by atoms with Gasteiger partial charge in [-0.05, 0) is 31.2 Å². The maximum absolute atomic E-state index is 12.0. The molecule has 2 aromatic rings. The molecule has 0 atom stereocenters. The van der Waals surface area contributed by atoms with Gasteiger partial charge < -0.3 is 14.8 Å². The smallest absolute Gasteiger partial charge is 0.341 e. The molecule has 0 aliphatic heterocycles. The number of amides is 1. The molecule has 0 spiro atoms. The van der Waals surface area contributed by atoms with Crippen molar-refractivity contribution in [3.63, 3.8) is 0 Å². The third-order valence-electron chi connectivity index (χ3n) is 2.97. The Kier molecular flexibility index (Phi) is 6.11. The Labute approximate surface area is 134 Å². The Hall–Kier alpha value is -2.89. The number of nitrogens with one attached hydrogen (secondary N) is 1. The van der Waals surface area contributed by atoms with Gasteiger partial charge in [0, 0.05) is 18.0 Å². The molecule has 6 nitrogen and oxygen atoms in total. The van der Waals surface area contributed by atoms with Crippen LogP contribution in [0.3, 0.4) is 0 Å². The van der Waals surface area contributed by atoms with Crippen molar-refractivity contribution in [1.29, 1.82) is 0 Å². The van der Waals surface area contributed by atoms with Crippen molar-refractivity contribution in [1.82, 2.24) is 10.3 Å². The fraction of sp³-hybridized carbons (Fsp3) is 0.235. The summed E-state index contributed by atoms with van der Waals surface area (Å²) >= 11 is 0. The molecular weight excluding hydrogens is 296 g/mol. The molecule has 0 unspecified atom stereocenters. The van der Waals surface area contributed by atoms with Gasteiger partial charge in [0.05, 0.1) is 13.2 Å². The molecule has 0 aliphatic carbocycles. The second-order valence-corrected chi connectivity index (χ2v) is 4.56. The number of nitrogens with zero attached hydrogens (tertiary/aromatic N) is 1. The summed E-state index contributed by atoms with van der Waals surface area (Å²) in [5.41, 5.74) is 0.878. The maximum atomic E-state index is 12.0. The number of esters is 1. The predicted molar refractivity (Wildman–Crippen MR) is 84.5 cm³/mol. The van der Waals surface area contributed by atoms with Crippen molar-refractivity contribution in [3.8, 4) is 5.75 Å². The Morgan fingerprint density at radius 3 is 2.61 bits per heavy atom. The van der Waals surface area contributed by atoms with E-state index in [2.05, 4.69) is 10.3 Å². The molecule has 1 N–H and O–H groups in total. The number of ether oxygens (including phenoxy) is 2. The second kappa shape index (κ2) is 8.53. The lowest BCUT2D eigenvalue weighted by molar-refractivity contribution is 0.0499. The highest BCUT2D eigenvalue weighted by Gasteiger charge is 2.13. The fourth-order valence-electron chi connectivity index (χ4n) is 1.91. The van der Waals surface area contributed by atoms with Gasteiger partial charge in [-0.25, -0.2) is 4.79 Å². The Bertz CT molecular complexity index is 659. The largest absolute Gasteiger partial charge is 0.493 e. The third kappa shape index (κ3) is 4.81. The van der Waals surface area contributed by atoms with E-state index in [1.807, 2.05) is 6.92 Å². The summed E-state index contributed by atoms with van der Waals surface area (Å²) in [4.78, 5) is 27.7. The highest BCUT2D eigenvalue weighted by molar-refractivity contribution is 5.94. The lowest BCUT2D eigenvalue weighted by Crippen LogP contribution is -2.28. The van der Waals surface area contributed by atoms with Gasteiger partial charge in [-0.1, -0.05) is 12.1 Å². The van der Waals surface area contributed by atoms with Crippen molar-refractivity contribution in [2.24, 2.45) is 0 Å². The van der Waals surface area contributed by atoms with Crippen LogP contribution < -0.4 is 10.1 Å². The average Bonchev–Trinajstić information content (AvgIpc) is 2.60. The van der Waals surface area contributed by atoms with Crippen LogP contribution >= 0.6 is 0 Å². The zero-order valence-corrected chi connectivity index (χ0v) is 12.8. The molecule has 0 saturated heterocycles. The first-order valence-corrected chi connectivity index (χ1v) is 7.29. The number of carbonyl (C=O) groups is 2. The highest BCUT2D eigenvalue weighted by Crippen LogP contribution is 2.18. The molecule has 120 valence electrons. The fourth-order valence-corrected chi connectivity index (χ4v) is 1.91. The molecular formula is C17H18N2O4. The van der Waals surface area contributed by atoms with Crippen LogP contribution in [0.15, 0.2) is 48.8 Å². The first-order chi connectivity index (χ1) is 11.2. The summed E-state index contributed by atoms with van der Waals surface area (Å²) < 4.78 is 10.5. The average molecular weight is 314 g/mol. The summed E-state index contributed by atoms with van der Waals surface area (Å²) in [5.74, 6) is -0.230. The number of para-hydroxylation sites is 1. The lowest BCUT2D eigenvalue weighted by atomic mass is 10.2. The van der Waals surface area contributed by atoms with E-state index < -0.39 is 5.97 Å². The van der Waals surface area contributed by atoms with E-state index in [1.54, 1.807) is 48.8 Å². The highest BCUT2D eigenvalue weighted by atomic mass is 16.5. The number of benzene rings is 1. The van der Waals surface area contributed by atoms with Crippen LogP contribution in [-0.4, -0.2) is 36.6 Å². The van der Waals surface area contributed by atoms with Crippen LogP contribution in [-0.2, 0) is 4.74 Å². The van der Waals surface area contributed by atoms with E-state index in [4.69, 9.17) is 9.47 Å². The van der Waals surface area contributed by atoms with Gasteiger partial charge in [-0.2, -0.15) is 0 Å². The van der Waals surface area contributed by atoms with E-state index in [-0.39, 0.29) is 19.1 Å². The minimum Gasteiger partial charge on any atom is -0.493 e. The van der Waals surface area contributed by atoms with Crippen LogP contribution in [0.5, 0.6) is 5.75 Å². The lowest BCUT2D eigenvalue weighted by Gasteiger charge is -2.10. The number of rotatable bonds is 7. The number of aromatic nitrogens is 1. The zero-order valence-electron chi connectivity index (χ0n) is 12.8. The third-order valence-corrected chi connectivity index (χ3v) is 2.97. The quantitative estimate of drug-likeness (QED) is 0.625. The predicted octanol–water partition coefficient (Wildman–Crippen LogP) is 2.07. The standard InChI is InChI=1S/C17H18N2O4/c1-2-22-15-6-4-3-5-14(15)17(21)23-12-11-19-16(20)13-7-9-18-10-8-13/h3-10H,2,11-12H2,1H3,(H,19,20). The van der Waals surface area contributed by atoms with Crippen molar-refractivity contribution < 1.29 is 19.1 Å². The minimum absolute atomic E-state index is 0.0795. The number of carbonyl (C=O) groups excluding carboxylic acids is 2. The van der Waals surface area contributed by atoms with Crippen LogP contribution in [0, 0.1) is 0 Å². The Morgan fingerprint density at radius 1 is 1.13 bits per heavy atom. The zero-order chi connectivity index (χ0) is 16.5. The maximum Gasteiger partial charge on any atom is 0.341 e. The van der Waals surface area contributed by atoms with Gasteiger partial charge in [0.15, 0.2) is 0 Å². The van der Waals surface area contributed by atoms with Crippen LogP contribution in [0.25, 0.3) is 0 Å². The minimum atomic E-state index is -0.479. The Morgan fingerprint density at radius 2 is 1.87 bits per heavy atom. The van der Waals surface area contributed by atoms with E-state index in [9.17, 15) is 9.59 Å². The van der Waals surface area contributed by atoms with E-state index in [1.165, 1.54) is 0 Å². The van der Waals surface area contributed by atoms with Gasteiger partial charge >= 0.3 is 5.97 Å². The number of hydrogen-bond donors (Lipinski definition) is 1. The summed E-state index contributed by atoms with van der Waals surface area (Å²) in [7, 11) is 0. The molecule has 2 rings (SSSR count). The molecule has 0 fully saturated rings. The molecule has 1 aromatic heterocycles. The summed E-state index contributed by atoms with van der Waals surface area (Å²) in [6.07, 6.45) is 3.08. The second-order valence-electron chi connectivity index (χ2n) is 4.56. The molecule has 1 aromatic carbocycles. The van der Waals surface area contributed by atoms with E-state index in [0.717, 1.165) is 0 Å². The SMILES string of the molecule is CCOc1ccccc1C(=O)OCCNC(=O)c1ccncc1. The monoisotopic (exact) mass is 314 g/mol. The summed E-state index contributed by atoms with van der Waals surface area (Å²) in [6, 6.07) is 10.1. The number of hydrogen-bond acceptors (Lipinski definition) is 5. The summed E-state index contributed by atoms with van der Waals surface area (Å²) in [6.45, 7) is 2.61. The van der Waals surface area contributed by atoms with Gasteiger partial charge in [0.25, 0.3) is 5.91 Å². The molecule has 6 heteroatoms. The van der Waals surface area contributed by atoms with Gasteiger partial charge in [-0.15, -0.1) is 0 Å². The van der Waals surface area contributed by atoms with Crippen molar-refractivity contribution >= 4 is 11.9 Å². The molecule has 0 aliphatic rings. The molecule has 1 heterocycles. The van der Waals surface area contributed by atoms with Crippen molar-refractivity contribution in [2.75, 3.05) is 19.8 Å². The first kappa shape index (κ1) is 16.5. The van der Waals surface area contributed by atoms with Crippen LogP contribution in [0.1, 0.15) is 27.6 Å².